The van der Waals surface area contributed by atoms with E-state index in [0.717, 1.165) is 28.7 Å². The van der Waals surface area contributed by atoms with Gasteiger partial charge in [-0.25, -0.2) is 0 Å². The van der Waals surface area contributed by atoms with E-state index in [1.807, 2.05) is 18.2 Å². The van der Waals surface area contributed by atoms with E-state index >= 15 is 0 Å². The van der Waals surface area contributed by atoms with Gasteiger partial charge in [-0.2, -0.15) is 5.10 Å². The number of rotatable bonds is 3. The second-order valence-corrected chi connectivity index (χ2v) is 5.39. The van der Waals surface area contributed by atoms with Crippen LogP contribution in [-0.4, -0.2) is 16.5 Å². The molecule has 0 aliphatic carbocycles. The van der Waals surface area contributed by atoms with E-state index in [4.69, 9.17) is 23.2 Å². The zero-order valence-corrected chi connectivity index (χ0v) is 12.3. The minimum absolute atomic E-state index is 0.543. The number of nitrogens with one attached hydrogen (secondary N) is 1. The molecule has 0 radical (unpaired) electrons. The van der Waals surface area contributed by atoms with Crippen LogP contribution in [-0.2, 0) is 0 Å². The van der Waals surface area contributed by atoms with Gasteiger partial charge in [0.25, 0.3) is 0 Å². The van der Waals surface area contributed by atoms with Crippen LogP contribution in [0.4, 0.5) is 0 Å². The molecule has 3 aromatic rings. The van der Waals surface area contributed by atoms with Gasteiger partial charge in [0, 0.05) is 26.7 Å². The van der Waals surface area contributed by atoms with Crippen LogP contribution in [0.5, 0.6) is 0 Å². The first kappa shape index (κ1) is 13.9. The van der Waals surface area contributed by atoms with Gasteiger partial charge in [0.2, 0.25) is 0 Å². The molecule has 3 rings (SSSR count). The predicted octanol–water partition coefficient (Wildman–Crippen LogP) is 4.86. The van der Waals surface area contributed by atoms with Crippen LogP contribution in [0.3, 0.4) is 0 Å². The zero-order valence-electron chi connectivity index (χ0n) is 10.8. The summed E-state index contributed by atoms with van der Waals surface area (Å²) in [6.45, 7) is 0. The van der Waals surface area contributed by atoms with Crippen molar-refractivity contribution in [2.24, 2.45) is 0 Å². The standard InChI is InChI=1S/C16H10Cl2N2O/c17-12-5-11(6-13(18)7-12)16-15(8-19-20-16)14-4-2-1-3-10(14)9-21/h1-9H,(H,19,20). The molecule has 104 valence electrons. The molecule has 0 aliphatic heterocycles. The molecule has 0 bridgehead atoms. The Kier molecular flexibility index (Phi) is 3.78. The molecule has 3 nitrogen and oxygen atoms in total. The number of aldehydes is 1. The summed E-state index contributed by atoms with van der Waals surface area (Å²) in [7, 11) is 0. The van der Waals surface area contributed by atoms with Crippen molar-refractivity contribution in [3.05, 3.63) is 64.3 Å². The van der Waals surface area contributed by atoms with Crippen LogP contribution in [0.25, 0.3) is 22.4 Å². The number of hydrogen-bond acceptors (Lipinski definition) is 2. The molecule has 0 fully saturated rings. The lowest BCUT2D eigenvalue weighted by atomic mass is 9.98. The Morgan fingerprint density at radius 3 is 2.43 bits per heavy atom. The average Bonchev–Trinajstić information content (AvgIpc) is 2.95. The maximum absolute atomic E-state index is 11.2. The third-order valence-electron chi connectivity index (χ3n) is 3.17. The minimum Gasteiger partial charge on any atom is -0.298 e. The third-order valence-corrected chi connectivity index (χ3v) is 3.60. The number of aromatic amines is 1. The van der Waals surface area contributed by atoms with Crippen molar-refractivity contribution >= 4 is 29.5 Å². The highest BCUT2D eigenvalue weighted by atomic mass is 35.5. The van der Waals surface area contributed by atoms with Gasteiger partial charge in [-0.05, 0) is 23.8 Å². The fraction of sp³-hybridized carbons (Fsp3) is 0. The molecule has 0 aliphatic rings. The van der Waals surface area contributed by atoms with Crippen molar-refractivity contribution in [1.29, 1.82) is 0 Å². The van der Waals surface area contributed by atoms with E-state index in [1.165, 1.54) is 0 Å². The van der Waals surface area contributed by atoms with E-state index in [9.17, 15) is 4.79 Å². The molecule has 2 aromatic carbocycles. The van der Waals surface area contributed by atoms with Gasteiger partial charge in [0.1, 0.15) is 0 Å². The number of carbonyl (C=O) groups is 1. The molecule has 1 aromatic heterocycles. The lowest BCUT2D eigenvalue weighted by molar-refractivity contribution is 0.112. The summed E-state index contributed by atoms with van der Waals surface area (Å²) < 4.78 is 0. The van der Waals surface area contributed by atoms with Crippen molar-refractivity contribution in [3.63, 3.8) is 0 Å². The van der Waals surface area contributed by atoms with Gasteiger partial charge >= 0.3 is 0 Å². The fourth-order valence-corrected chi connectivity index (χ4v) is 2.78. The second kappa shape index (κ2) is 5.72. The average molecular weight is 317 g/mol. The van der Waals surface area contributed by atoms with Crippen LogP contribution in [0.2, 0.25) is 10.0 Å². The molecule has 21 heavy (non-hydrogen) atoms. The summed E-state index contributed by atoms with van der Waals surface area (Å²) in [5, 5.41) is 8.11. The highest BCUT2D eigenvalue weighted by molar-refractivity contribution is 6.35. The SMILES string of the molecule is O=Cc1ccccc1-c1cn[nH]c1-c1cc(Cl)cc(Cl)c1. The van der Waals surface area contributed by atoms with E-state index < -0.39 is 0 Å². The Bertz CT molecular complexity index is 791. The maximum atomic E-state index is 11.2. The summed E-state index contributed by atoms with van der Waals surface area (Å²) in [6, 6.07) is 12.6. The van der Waals surface area contributed by atoms with E-state index in [1.54, 1.807) is 30.5 Å². The Hall–Kier alpha value is -2.10. The van der Waals surface area contributed by atoms with Crippen LogP contribution in [0.15, 0.2) is 48.7 Å². The molecule has 1 N–H and O–H groups in total. The number of halogens is 2. The highest BCUT2D eigenvalue weighted by Crippen LogP contribution is 2.34. The smallest absolute Gasteiger partial charge is 0.150 e. The lowest BCUT2D eigenvalue weighted by Gasteiger charge is -2.07. The van der Waals surface area contributed by atoms with Crippen LogP contribution >= 0.6 is 23.2 Å². The van der Waals surface area contributed by atoms with Crippen molar-refractivity contribution in [3.8, 4) is 22.4 Å². The topological polar surface area (TPSA) is 45.8 Å². The normalized spacial score (nSPS) is 10.6. The number of H-pyrrole nitrogens is 1. The van der Waals surface area contributed by atoms with Crippen LogP contribution in [0.1, 0.15) is 10.4 Å². The van der Waals surface area contributed by atoms with Gasteiger partial charge in [0.05, 0.1) is 11.9 Å². The number of nitrogens with zero attached hydrogens (tertiary/aromatic N) is 1. The molecule has 5 heteroatoms. The Morgan fingerprint density at radius 1 is 1.00 bits per heavy atom. The molecule has 0 atom stereocenters. The van der Waals surface area contributed by atoms with Crippen LogP contribution < -0.4 is 0 Å². The number of hydrogen-bond donors (Lipinski definition) is 1. The van der Waals surface area contributed by atoms with E-state index in [2.05, 4.69) is 10.2 Å². The molecular weight excluding hydrogens is 307 g/mol. The van der Waals surface area contributed by atoms with Gasteiger partial charge in [-0.15, -0.1) is 0 Å². The molecule has 0 spiro atoms. The summed E-state index contributed by atoms with van der Waals surface area (Å²) >= 11 is 12.1. The second-order valence-electron chi connectivity index (χ2n) is 4.52. The quantitative estimate of drug-likeness (QED) is 0.701. The largest absolute Gasteiger partial charge is 0.298 e. The lowest BCUT2D eigenvalue weighted by Crippen LogP contribution is -1.88. The first-order chi connectivity index (χ1) is 10.2. The number of aromatic nitrogens is 2. The molecule has 0 amide bonds. The first-order valence-corrected chi connectivity index (χ1v) is 6.99. The van der Waals surface area contributed by atoms with Crippen molar-refractivity contribution in [2.45, 2.75) is 0 Å². The van der Waals surface area contributed by atoms with Gasteiger partial charge < -0.3 is 0 Å². The number of benzene rings is 2. The van der Waals surface area contributed by atoms with Gasteiger partial charge in [-0.1, -0.05) is 47.5 Å². The summed E-state index contributed by atoms with van der Waals surface area (Å²) in [5.41, 5.74) is 3.84. The fourth-order valence-electron chi connectivity index (χ4n) is 2.25. The Labute approximate surface area is 131 Å². The summed E-state index contributed by atoms with van der Waals surface area (Å²) in [4.78, 5) is 11.2. The van der Waals surface area contributed by atoms with Crippen molar-refractivity contribution in [1.82, 2.24) is 10.2 Å². The molecule has 0 unspecified atom stereocenters. The molecule has 1 heterocycles. The highest BCUT2D eigenvalue weighted by Gasteiger charge is 2.13. The molecular formula is C16H10Cl2N2O. The monoisotopic (exact) mass is 316 g/mol. The van der Waals surface area contributed by atoms with Gasteiger partial charge in [-0.3, -0.25) is 9.89 Å². The van der Waals surface area contributed by atoms with Crippen LogP contribution in [0, 0.1) is 0 Å². The number of carbonyl (C=O) groups excluding carboxylic acids is 1. The van der Waals surface area contributed by atoms with Crippen molar-refractivity contribution < 1.29 is 4.79 Å². The Morgan fingerprint density at radius 2 is 1.71 bits per heavy atom. The predicted molar refractivity (Wildman–Crippen MR) is 84.9 cm³/mol. The van der Waals surface area contributed by atoms with E-state index in [0.29, 0.717) is 15.6 Å². The Balaban J connectivity index is 2.19. The minimum atomic E-state index is 0.543. The van der Waals surface area contributed by atoms with Gasteiger partial charge in [0.15, 0.2) is 6.29 Å². The van der Waals surface area contributed by atoms with Crippen molar-refractivity contribution in [2.75, 3.05) is 0 Å². The maximum Gasteiger partial charge on any atom is 0.150 e. The molecule has 0 saturated carbocycles. The summed E-state index contributed by atoms with van der Waals surface area (Å²) in [5.74, 6) is 0. The third kappa shape index (κ3) is 2.71. The first-order valence-electron chi connectivity index (χ1n) is 6.23. The zero-order chi connectivity index (χ0) is 14.8. The van der Waals surface area contributed by atoms with E-state index in [-0.39, 0.29) is 0 Å². The molecule has 0 saturated heterocycles. The summed E-state index contributed by atoms with van der Waals surface area (Å²) in [6.07, 6.45) is 2.52.